The molecule has 140 valence electrons. The lowest BCUT2D eigenvalue weighted by atomic mass is 10.2. The van der Waals surface area contributed by atoms with Gasteiger partial charge in [0.2, 0.25) is 0 Å². The largest absolute Gasteiger partial charge is 0.444 e. The normalized spacial score (nSPS) is 11.0. The van der Waals surface area contributed by atoms with Gasteiger partial charge in [-0.2, -0.15) is 0 Å². The molecule has 6 nitrogen and oxygen atoms in total. The molecule has 26 heavy (non-hydrogen) atoms. The Morgan fingerprint density at radius 3 is 2.58 bits per heavy atom. The first kappa shape index (κ1) is 20.2. The van der Waals surface area contributed by atoms with Crippen LogP contribution in [-0.2, 0) is 0 Å². The average molecular weight is 422 g/mol. The van der Waals surface area contributed by atoms with Crippen LogP contribution in [0, 0.1) is 0 Å². The van der Waals surface area contributed by atoms with Crippen molar-refractivity contribution >= 4 is 33.4 Å². The predicted molar refractivity (Wildman–Crippen MR) is 106 cm³/mol. The lowest BCUT2D eigenvalue weighted by Gasteiger charge is -2.24. The highest BCUT2D eigenvalue weighted by Crippen LogP contribution is 2.17. The van der Waals surface area contributed by atoms with E-state index in [2.05, 4.69) is 52.2 Å². The number of carbonyl (C=O) groups is 2. The average Bonchev–Trinajstić information content (AvgIpc) is 3.05. The van der Waals surface area contributed by atoms with Crippen LogP contribution in [0.1, 0.15) is 41.7 Å². The summed E-state index contributed by atoms with van der Waals surface area (Å²) in [6.07, 6.45) is 0. The van der Waals surface area contributed by atoms with Crippen molar-refractivity contribution in [2.45, 2.75) is 26.8 Å². The van der Waals surface area contributed by atoms with Gasteiger partial charge in [-0.1, -0.05) is 13.0 Å². The molecule has 0 fully saturated rings. The molecule has 0 spiro atoms. The summed E-state index contributed by atoms with van der Waals surface area (Å²) in [5.41, 5.74) is 1.03. The molecule has 0 aliphatic carbocycles. The van der Waals surface area contributed by atoms with E-state index in [0.717, 1.165) is 13.1 Å². The first-order chi connectivity index (χ1) is 12.4. The van der Waals surface area contributed by atoms with E-state index >= 15 is 0 Å². The van der Waals surface area contributed by atoms with E-state index in [1.165, 1.54) is 0 Å². The number of likely N-dealkylation sites (N-methyl/N-ethyl adjacent to an activating group) is 1. The number of nitrogens with one attached hydrogen (secondary N) is 2. The van der Waals surface area contributed by atoms with Gasteiger partial charge in [0.15, 0.2) is 10.4 Å². The van der Waals surface area contributed by atoms with Crippen molar-refractivity contribution in [2.24, 2.45) is 0 Å². The first-order valence-corrected chi connectivity index (χ1v) is 9.39. The first-order valence-electron chi connectivity index (χ1n) is 8.59. The van der Waals surface area contributed by atoms with Gasteiger partial charge in [0.05, 0.1) is 0 Å². The van der Waals surface area contributed by atoms with Crippen LogP contribution in [0.4, 0.5) is 5.69 Å². The molecule has 1 heterocycles. The molecule has 7 heteroatoms. The number of furan rings is 1. The lowest BCUT2D eigenvalue weighted by molar-refractivity contribution is 0.0944. The highest BCUT2D eigenvalue weighted by molar-refractivity contribution is 9.10. The van der Waals surface area contributed by atoms with Crippen molar-refractivity contribution in [1.82, 2.24) is 10.2 Å². The molecule has 0 saturated carbocycles. The van der Waals surface area contributed by atoms with Crippen LogP contribution in [0.15, 0.2) is 45.5 Å². The minimum Gasteiger partial charge on any atom is -0.444 e. The van der Waals surface area contributed by atoms with Crippen LogP contribution in [0.2, 0.25) is 0 Å². The highest BCUT2D eigenvalue weighted by Gasteiger charge is 2.13. The van der Waals surface area contributed by atoms with Gasteiger partial charge in [-0.05, 0) is 66.7 Å². The Morgan fingerprint density at radius 1 is 1.19 bits per heavy atom. The Morgan fingerprint density at radius 2 is 1.96 bits per heavy atom. The monoisotopic (exact) mass is 421 g/mol. The second kappa shape index (κ2) is 9.54. The summed E-state index contributed by atoms with van der Waals surface area (Å²) >= 11 is 3.16. The third-order valence-corrected chi connectivity index (χ3v) is 4.43. The maximum Gasteiger partial charge on any atom is 0.291 e. The zero-order valence-electron chi connectivity index (χ0n) is 15.2. The van der Waals surface area contributed by atoms with Gasteiger partial charge in [-0.15, -0.1) is 0 Å². The van der Waals surface area contributed by atoms with Crippen molar-refractivity contribution in [3.8, 4) is 0 Å². The van der Waals surface area contributed by atoms with Gasteiger partial charge in [0.1, 0.15) is 0 Å². The van der Waals surface area contributed by atoms with E-state index in [1.54, 1.807) is 36.4 Å². The van der Waals surface area contributed by atoms with Gasteiger partial charge >= 0.3 is 0 Å². The molecule has 0 saturated heterocycles. The second-order valence-corrected chi connectivity index (χ2v) is 6.90. The standard InChI is InChI=1S/C19H24BrN3O3/c1-4-23(13(2)3)11-10-21-18(24)14-6-5-7-15(12-14)22-19(25)16-8-9-17(20)26-16/h5-9,12-13H,4,10-11H2,1-3H3,(H,21,24)(H,22,25). The number of carbonyl (C=O) groups excluding carboxylic acids is 2. The van der Waals surface area contributed by atoms with Gasteiger partial charge in [0, 0.05) is 30.4 Å². The van der Waals surface area contributed by atoms with Crippen molar-refractivity contribution in [3.63, 3.8) is 0 Å². The molecular weight excluding hydrogens is 398 g/mol. The lowest BCUT2D eigenvalue weighted by Crippen LogP contribution is -2.38. The van der Waals surface area contributed by atoms with Crippen molar-refractivity contribution < 1.29 is 14.0 Å². The van der Waals surface area contributed by atoms with Crippen molar-refractivity contribution in [1.29, 1.82) is 0 Å². The molecule has 2 rings (SSSR count). The molecule has 0 bridgehead atoms. The summed E-state index contributed by atoms with van der Waals surface area (Å²) in [5, 5.41) is 5.64. The van der Waals surface area contributed by atoms with E-state index in [4.69, 9.17) is 4.42 Å². The number of halogens is 1. The van der Waals surface area contributed by atoms with Gasteiger partial charge in [-0.3, -0.25) is 14.5 Å². The summed E-state index contributed by atoms with van der Waals surface area (Å²) in [4.78, 5) is 26.7. The Kier molecular flexibility index (Phi) is 7.41. The summed E-state index contributed by atoms with van der Waals surface area (Å²) in [6, 6.07) is 10.5. The number of hydrogen-bond acceptors (Lipinski definition) is 4. The Balaban J connectivity index is 1.93. The molecule has 1 aromatic heterocycles. The van der Waals surface area contributed by atoms with E-state index < -0.39 is 0 Å². The molecule has 2 amide bonds. The van der Waals surface area contributed by atoms with E-state index in [0.29, 0.717) is 28.5 Å². The van der Waals surface area contributed by atoms with Crippen molar-refractivity contribution in [3.05, 3.63) is 52.4 Å². The maximum absolute atomic E-state index is 12.3. The predicted octanol–water partition coefficient (Wildman–Crippen LogP) is 3.75. The van der Waals surface area contributed by atoms with Crippen LogP contribution in [0.25, 0.3) is 0 Å². The highest BCUT2D eigenvalue weighted by atomic mass is 79.9. The fraction of sp³-hybridized carbons (Fsp3) is 0.368. The molecule has 0 aliphatic rings. The minimum atomic E-state index is -0.372. The smallest absolute Gasteiger partial charge is 0.291 e. The number of nitrogens with zero attached hydrogens (tertiary/aromatic N) is 1. The molecular formula is C19H24BrN3O3. The molecule has 2 aromatic rings. The zero-order chi connectivity index (χ0) is 19.1. The SMILES string of the molecule is CCN(CCNC(=O)c1cccc(NC(=O)c2ccc(Br)o2)c1)C(C)C. The fourth-order valence-corrected chi connectivity index (χ4v) is 2.87. The van der Waals surface area contributed by atoms with E-state index in [-0.39, 0.29) is 17.6 Å². The number of hydrogen-bond donors (Lipinski definition) is 2. The second-order valence-electron chi connectivity index (χ2n) is 6.12. The molecule has 0 radical (unpaired) electrons. The quantitative estimate of drug-likeness (QED) is 0.680. The number of anilines is 1. The van der Waals surface area contributed by atoms with Crippen LogP contribution < -0.4 is 10.6 Å². The van der Waals surface area contributed by atoms with Crippen LogP contribution in [0.3, 0.4) is 0 Å². The zero-order valence-corrected chi connectivity index (χ0v) is 16.8. The van der Waals surface area contributed by atoms with E-state index in [1.807, 2.05) is 0 Å². The number of rotatable bonds is 8. The molecule has 1 aromatic carbocycles. The molecule has 0 aliphatic heterocycles. The fourth-order valence-electron chi connectivity index (χ4n) is 2.56. The summed E-state index contributed by atoms with van der Waals surface area (Å²) in [5.74, 6) is -0.342. The maximum atomic E-state index is 12.3. The summed E-state index contributed by atoms with van der Waals surface area (Å²) in [7, 11) is 0. The van der Waals surface area contributed by atoms with Crippen molar-refractivity contribution in [2.75, 3.05) is 25.0 Å². The third kappa shape index (κ3) is 5.71. The summed E-state index contributed by atoms with van der Waals surface area (Å²) in [6.45, 7) is 8.68. The Bertz CT molecular complexity index is 758. The number of amides is 2. The molecule has 2 N–H and O–H groups in total. The van der Waals surface area contributed by atoms with E-state index in [9.17, 15) is 9.59 Å². The minimum absolute atomic E-state index is 0.165. The van der Waals surface area contributed by atoms with Crippen LogP contribution in [0.5, 0.6) is 0 Å². The Labute approximate surface area is 162 Å². The van der Waals surface area contributed by atoms with Crippen LogP contribution in [-0.4, -0.2) is 42.4 Å². The Hall–Kier alpha value is -2.12. The summed E-state index contributed by atoms with van der Waals surface area (Å²) < 4.78 is 5.71. The third-order valence-electron chi connectivity index (χ3n) is 4.00. The van der Waals surface area contributed by atoms with Gasteiger partial charge < -0.3 is 15.1 Å². The van der Waals surface area contributed by atoms with Gasteiger partial charge in [-0.25, -0.2) is 0 Å². The molecule has 0 atom stereocenters. The van der Waals surface area contributed by atoms with Crippen LogP contribution >= 0.6 is 15.9 Å². The van der Waals surface area contributed by atoms with Gasteiger partial charge in [0.25, 0.3) is 11.8 Å². The topological polar surface area (TPSA) is 74.6 Å². The number of benzene rings is 1. The molecule has 0 unspecified atom stereocenters.